The fraction of sp³-hybridized carbons (Fsp3) is 0.812. The number of hydrogen-bond donors (Lipinski definition) is 1. The molecule has 7 nitrogen and oxygen atoms in total. The molecule has 0 aromatic heterocycles. The van der Waals surface area contributed by atoms with E-state index in [1.807, 2.05) is 0 Å². The number of amides is 2. The molecule has 1 aliphatic heterocycles. The van der Waals surface area contributed by atoms with E-state index in [9.17, 15) is 14.4 Å². The number of carbonyl (C=O) groups is 3. The number of esters is 1. The molecule has 132 valence electrons. The number of ether oxygens (including phenoxy) is 2. The van der Waals surface area contributed by atoms with Crippen LogP contribution in [0.25, 0.3) is 0 Å². The quantitative estimate of drug-likeness (QED) is 0.799. The molecule has 1 fully saturated rings. The smallest absolute Gasteiger partial charge is 0.408 e. The number of hydrogen-bond acceptors (Lipinski definition) is 5. The molecule has 1 atom stereocenters. The Morgan fingerprint density at radius 2 is 1.61 bits per heavy atom. The molecule has 23 heavy (non-hydrogen) atoms. The third kappa shape index (κ3) is 6.88. The fourth-order valence-corrected chi connectivity index (χ4v) is 2.24. The first-order chi connectivity index (χ1) is 10.4. The Morgan fingerprint density at radius 1 is 1.04 bits per heavy atom. The van der Waals surface area contributed by atoms with Crippen LogP contribution in [0.3, 0.4) is 0 Å². The van der Waals surface area contributed by atoms with Gasteiger partial charge in [-0.15, -0.1) is 0 Å². The number of nitrogens with one attached hydrogen (secondary N) is 1. The van der Waals surface area contributed by atoms with Crippen LogP contribution in [0, 0.1) is 0 Å². The standard InChI is InChI=1S/C16H28N2O5/c1-15(2,3)22-13(20)11-8-7-9-18(11)12(19)10-17-14(21)23-16(4,5)6/h11H,7-10H2,1-6H3,(H,17,21). The zero-order valence-corrected chi connectivity index (χ0v) is 14.9. The van der Waals surface area contributed by atoms with Gasteiger partial charge in [-0.2, -0.15) is 0 Å². The van der Waals surface area contributed by atoms with Gasteiger partial charge in [0.15, 0.2) is 0 Å². The zero-order valence-electron chi connectivity index (χ0n) is 14.9. The van der Waals surface area contributed by atoms with Crippen molar-refractivity contribution in [3.05, 3.63) is 0 Å². The highest BCUT2D eigenvalue weighted by Crippen LogP contribution is 2.21. The Hall–Kier alpha value is -1.79. The van der Waals surface area contributed by atoms with Gasteiger partial charge in [0.2, 0.25) is 5.91 Å². The summed E-state index contributed by atoms with van der Waals surface area (Å²) in [6, 6.07) is -0.581. The summed E-state index contributed by atoms with van der Waals surface area (Å²) < 4.78 is 10.4. The predicted octanol–water partition coefficient (Wildman–Crippen LogP) is 1.84. The average molecular weight is 328 g/mol. The third-order valence-electron chi connectivity index (χ3n) is 3.03. The van der Waals surface area contributed by atoms with Crippen LogP contribution >= 0.6 is 0 Å². The maximum atomic E-state index is 12.2. The van der Waals surface area contributed by atoms with Gasteiger partial charge in [0, 0.05) is 6.54 Å². The van der Waals surface area contributed by atoms with Crippen molar-refractivity contribution in [1.82, 2.24) is 10.2 Å². The predicted molar refractivity (Wildman–Crippen MR) is 84.8 cm³/mol. The van der Waals surface area contributed by atoms with Crippen molar-refractivity contribution in [2.75, 3.05) is 13.1 Å². The van der Waals surface area contributed by atoms with E-state index < -0.39 is 29.3 Å². The Kier molecular flexibility index (Phi) is 6.02. The van der Waals surface area contributed by atoms with Crippen molar-refractivity contribution in [3.63, 3.8) is 0 Å². The van der Waals surface area contributed by atoms with Gasteiger partial charge in [0.05, 0.1) is 0 Å². The lowest BCUT2D eigenvalue weighted by molar-refractivity contribution is -0.163. The first-order valence-electron chi connectivity index (χ1n) is 7.88. The highest BCUT2D eigenvalue weighted by Gasteiger charge is 2.36. The lowest BCUT2D eigenvalue weighted by Gasteiger charge is -2.27. The molecule has 0 spiro atoms. The summed E-state index contributed by atoms with van der Waals surface area (Å²) in [7, 11) is 0. The van der Waals surface area contributed by atoms with Crippen LogP contribution in [0.15, 0.2) is 0 Å². The van der Waals surface area contributed by atoms with Gasteiger partial charge in [0.25, 0.3) is 0 Å². The van der Waals surface area contributed by atoms with Gasteiger partial charge in [-0.1, -0.05) is 0 Å². The van der Waals surface area contributed by atoms with Crippen LogP contribution in [-0.4, -0.2) is 53.2 Å². The van der Waals surface area contributed by atoms with Gasteiger partial charge < -0.3 is 19.7 Å². The summed E-state index contributed by atoms with van der Waals surface area (Å²) in [6.07, 6.45) is 0.661. The Labute approximate surface area is 137 Å². The second-order valence-electron chi connectivity index (χ2n) is 7.63. The van der Waals surface area contributed by atoms with E-state index in [-0.39, 0.29) is 12.5 Å². The lowest BCUT2D eigenvalue weighted by atomic mass is 10.1. The number of nitrogens with zero attached hydrogens (tertiary/aromatic N) is 1. The number of carbonyl (C=O) groups excluding carboxylic acids is 3. The van der Waals surface area contributed by atoms with Crippen molar-refractivity contribution in [2.45, 2.75) is 71.6 Å². The van der Waals surface area contributed by atoms with Crippen LogP contribution < -0.4 is 5.32 Å². The maximum Gasteiger partial charge on any atom is 0.408 e. The molecule has 2 amide bonds. The molecule has 0 aliphatic carbocycles. The normalized spacial score (nSPS) is 18.5. The summed E-state index contributed by atoms with van der Waals surface area (Å²) in [5, 5.41) is 2.42. The minimum Gasteiger partial charge on any atom is -0.458 e. The van der Waals surface area contributed by atoms with Crippen molar-refractivity contribution in [3.8, 4) is 0 Å². The molecule has 0 aromatic rings. The molecule has 7 heteroatoms. The zero-order chi connectivity index (χ0) is 17.8. The molecular formula is C16H28N2O5. The van der Waals surface area contributed by atoms with Gasteiger partial charge in [-0.3, -0.25) is 4.79 Å². The van der Waals surface area contributed by atoms with Crippen molar-refractivity contribution in [2.24, 2.45) is 0 Å². The second kappa shape index (κ2) is 7.19. The highest BCUT2D eigenvalue weighted by molar-refractivity contribution is 5.88. The first-order valence-corrected chi connectivity index (χ1v) is 7.88. The van der Waals surface area contributed by atoms with E-state index in [4.69, 9.17) is 9.47 Å². The molecule has 0 bridgehead atoms. The molecule has 1 N–H and O–H groups in total. The van der Waals surface area contributed by atoms with Gasteiger partial charge in [0.1, 0.15) is 23.8 Å². The molecule has 1 saturated heterocycles. The van der Waals surface area contributed by atoms with E-state index in [1.54, 1.807) is 41.5 Å². The van der Waals surface area contributed by atoms with E-state index >= 15 is 0 Å². The van der Waals surface area contributed by atoms with Crippen LogP contribution in [-0.2, 0) is 19.1 Å². The Bertz CT molecular complexity index is 462. The molecule has 1 rings (SSSR count). The summed E-state index contributed by atoms with van der Waals surface area (Å²) in [5.41, 5.74) is -1.22. The van der Waals surface area contributed by atoms with Crippen LogP contribution in [0.1, 0.15) is 54.4 Å². The highest BCUT2D eigenvalue weighted by atomic mass is 16.6. The van der Waals surface area contributed by atoms with Crippen LogP contribution in [0.2, 0.25) is 0 Å². The lowest BCUT2D eigenvalue weighted by Crippen LogP contribution is -2.47. The minimum atomic E-state index is -0.654. The van der Waals surface area contributed by atoms with E-state index in [1.165, 1.54) is 4.90 Å². The average Bonchev–Trinajstić information content (AvgIpc) is 2.80. The third-order valence-corrected chi connectivity index (χ3v) is 3.03. The summed E-state index contributed by atoms with van der Waals surface area (Å²) in [4.78, 5) is 37.5. The summed E-state index contributed by atoms with van der Waals surface area (Å²) in [5.74, 6) is -0.718. The van der Waals surface area contributed by atoms with Gasteiger partial charge in [-0.05, 0) is 54.4 Å². The SMILES string of the molecule is CC(C)(C)OC(=O)NCC(=O)N1CCCC1C(=O)OC(C)(C)C. The van der Waals surface area contributed by atoms with Gasteiger partial charge in [-0.25, -0.2) is 9.59 Å². The number of alkyl carbamates (subject to hydrolysis) is 1. The van der Waals surface area contributed by atoms with Crippen LogP contribution in [0.5, 0.6) is 0 Å². The first kappa shape index (κ1) is 19.3. The van der Waals surface area contributed by atoms with E-state index in [2.05, 4.69) is 5.32 Å². The van der Waals surface area contributed by atoms with Crippen molar-refractivity contribution in [1.29, 1.82) is 0 Å². The topological polar surface area (TPSA) is 84.9 Å². The largest absolute Gasteiger partial charge is 0.458 e. The second-order valence-corrected chi connectivity index (χ2v) is 7.63. The van der Waals surface area contributed by atoms with E-state index in [0.29, 0.717) is 13.0 Å². The molecule has 1 unspecified atom stereocenters. The Balaban J connectivity index is 2.54. The Morgan fingerprint density at radius 3 is 2.13 bits per heavy atom. The molecule has 0 radical (unpaired) electrons. The van der Waals surface area contributed by atoms with Crippen molar-refractivity contribution < 1.29 is 23.9 Å². The molecule has 0 aromatic carbocycles. The van der Waals surface area contributed by atoms with Crippen LogP contribution in [0.4, 0.5) is 4.79 Å². The summed E-state index contributed by atoms with van der Waals surface area (Å²) >= 11 is 0. The summed E-state index contributed by atoms with van der Waals surface area (Å²) in [6.45, 7) is 10.9. The van der Waals surface area contributed by atoms with Crippen molar-refractivity contribution >= 4 is 18.0 Å². The maximum absolute atomic E-state index is 12.2. The minimum absolute atomic E-state index is 0.200. The monoisotopic (exact) mass is 328 g/mol. The molecule has 1 aliphatic rings. The molecular weight excluding hydrogens is 300 g/mol. The number of rotatable bonds is 3. The molecule has 0 saturated carbocycles. The fourth-order valence-electron chi connectivity index (χ4n) is 2.24. The van der Waals surface area contributed by atoms with Gasteiger partial charge >= 0.3 is 12.1 Å². The number of likely N-dealkylation sites (tertiary alicyclic amines) is 1. The van der Waals surface area contributed by atoms with E-state index in [0.717, 1.165) is 6.42 Å². The molecule has 1 heterocycles.